The summed E-state index contributed by atoms with van der Waals surface area (Å²) in [5, 5.41) is 31.6. The van der Waals surface area contributed by atoms with Crippen molar-refractivity contribution in [3.8, 4) is 5.75 Å². The van der Waals surface area contributed by atoms with Gasteiger partial charge >= 0.3 is 0 Å². The van der Waals surface area contributed by atoms with Gasteiger partial charge in [0.15, 0.2) is 0 Å². The Hall–Kier alpha value is -1.75. The number of aliphatic hydroxyl groups excluding tert-OH is 2. The largest absolute Gasteiger partial charge is 0.508 e. The quantitative estimate of drug-likeness (QED) is 0.399. The molecule has 0 radical (unpaired) electrons. The summed E-state index contributed by atoms with van der Waals surface area (Å²) in [7, 11) is 0. The number of azide groups is 1. The molecule has 1 rings (SSSR count). The highest BCUT2D eigenvalue weighted by molar-refractivity contribution is 5.27. The summed E-state index contributed by atoms with van der Waals surface area (Å²) < 4.78 is 0. The number of rotatable bonds is 5. The molecule has 0 saturated heterocycles. The maximum Gasteiger partial charge on any atom is 0.115 e. The van der Waals surface area contributed by atoms with Crippen molar-refractivity contribution in [2.45, 2.75) is 18.6 Å². The van der Waals surface area contributed by atoms with Gasteiger partial charge in [-0.2, -0.15) is 0 Å². The predicted molar refractivity (Wildman–Crippen MR) is 57.7 cm³/mol. The van der Waals surface area contributed by atoms with Crippen LogP contribution in [0.3, 0.4) is 0 Å². The van der Waals surface area contributed by atoms with Gasteiger partial charge in [-0.05, 0) is 29.6 Å². The molecule has 6 heteroatoms. The molecule has 0 aliphatic rings. The van der Waals surface area contributed by atoms with E-state index in [1.165, 1.54) is 24.3 Å². The number of phenols is 1. The van der Waals surface area contributed by atoms with Crippen LogP contribution in [0, 0.1) is 0 Å². The Labute approximate surface area is 92.4 Å². The van der Waals surface area contributed by atoms with Crippen molar-refractivity contribution >= 4 is 0 Å². The summed E-state index contributed by atoms with van der Waals surface area (Å²) in [6.45, 7) is 0.132. The van der Waals surface area contributed by atoms with Gasteiger partial charge in [-0.25, -0.2) is 0 Å². The van der Waals surface area contributed by atoms with Gasteiger partial charge in [0.1, 0.15) is 11.9 Å². The van der Waals surface area contributed by atoms with Crippen LogP contribution < -0.4 is 0 Å². The molecule has 0 aliphatic heterocycles. The Bertz CT molecular complexity index is 373. The molecule has 0 heterocycles. The molecule has 0 fully saturated rings. The number of aromatic hydroxyl groups is 1. The second kappa shape index (κ2) is 5.97. The Kier molecular flexibility index (Phi) is 4.60. The van der Waals surface area contributed by atoms with Gasteiger partial charge in [0.2, 0.25) is 0 Å². The van der Waals surface area contributed by atoms with Crippen LogP contribution in [0.4, 0.5) is 0 Å². The molecule has 0 spiro atoms. The third-order valence-electron chi connectivity index (χ3n) is 2.19. The zero-order chi connectivity index (χ0) is 12.0. The van der Waals surface area contributed by atoms with Crippen LogP contribution in [-0.2, 0) is 0 Å². The zero-order valence-electron chi connectivity index (χ0n) is 8.56. The lowest BCUT2D eigenvalue weighted by atomic mass is 10.0. The minimum Gasteiger partial charge on any atom is -0.508 e. The van der Waals surface area contributed by atoms with Crippen LogP contribution in [0.1, 0.15) is 18.1 Å². The van der Waals surface area contributed by atoms with E-state index in [4.69, 9.17) is 10.6 Å². The van der Waals surface area contributed by atoms with Crippen molar-refractivity contribution in [3.05, 3.63) is 40.3 Å². The molecule has 1 aromatic carbocycles. The number of phenolic OH excluding ortho intramolecular Hbond substituents is 1. The summed E-state index contributed by atoms with van der Waals surface area (Å²) in [6.07, 6.45) is -1.85. The van der Waals surface area contributed by atoms with E-state index in [-0.39, 0.29) is 18.7 Å². The molecule has 3 N–H and O–H groups in total. The monoisotopic (exact) mass is 223 g/mol. The smallest absolute Gasteiger partial charge is 0.115 e. The van der Waals surface area contributed by atoms with Gasteiger partial charge in [0, 0.05) is 11.5 Å². The molecule has 86 valence electrons. The Balaban J connectivity index is 2.58. The van der Waals surface area contributed by atoms with E-state index >= 15 is 0 Å². The van der Waals surface area contributed by atoms with E-state index in [0.717, 1.165) is 0 Å². The number of nitrogens with zero attached hydrogens (tertiary/aromatic N) is 3. The molecule has 2 atom stereocenters. The highest BCUT2D eigenvalue weighted by Crippen LogP contribution is 2.21. The molecule has 0 amide bonds. The molecule has 0 aliphatic carbocycles. The van der Waals surface area contributed by atoms with Crippen LogP contribution in [0.25, 0.3) is 10.4 Å². The SMILES string of the molecule is [N-]=[N+]=NCCC(O)C(O)c1ccc(O)cc1. The lowest BCUT2D eigenvalue weighted by Gasteiger charge is -2.17. The summed E-state index contributed by atoms with van der Waals surface area (Å²) in [5.74, 6) is 0.0968. The molecule has 0 aromatic heterocycles. The second-order valence-corrected chi connectivity index (χ2v) is 3.35. The van der Waals surface area contributed by atoms with Gasteiger partial charge in [0.25, 0.3) is 0 Å². The molecule has 16 heavy (non-hydrogen) atoms. The molecular formula is C10H13N3O3. The Morgan fingerprint density at radius 2 is 1.88 bits per heavy atom. The summed E-state index contributed by atoms with van der Waals surface area (Å²) in [6, 6.07) is 5.91. The van der Waals surface area contributed by atoms with Crippen LogP contribution in [0.5, 0.6) is 5.75 Å². The van der Waals surface area contributed by atoms with Gasteiger partial charge < -0.3 is 15.3 Å². The standard InChI is InChI=1S/C10H13N3O3/c11-13-12-6-5-9(15)10(16)7-1-3-8(14)4-2-7/h1-4,9-10,14-16H,5-6H2. The predicted octanol–water partition coefficient (Wildman–Crippen LogP) is 1.49. The van der Waals surface area contributed by atoms with E-state index < -0.39 is 12.2 Å². The summed E-state index contributed by atoms with van der Waals surface area (Å²) in [4.78, 5) is 2.55. The Morgan fingerprint density at radius 1 is 1.25 bits per heavy atom. The van der Waals surface area contributed by atoms with Crippen molar-refractivity contribution in [2.24, 2.45) is 5.11 Å². The van der Waals surface area contributed by atoms with Crippen molar-refractivity contribution in [1.82, 2.24) is 0 Å². The first-order valence-electron chi connectivity index (χ1n) is 4.81. The highest BCUT2D eigenvalue weighted by atomic mass is 16.3. The molecular weight excluding hydrogens is 210 g/mol. The number of benzene rings is 1. The van der Waals surface area contributed by atoms with Gasteiger partial charge in [-0.15, -0.1) is 0 Å². The van der Waals surface area contributed by atoms with Crippen molar-refractivity contribution in [3.63, 3.8) is 0 Å². The zero-order valence-corrected chi connectivity index (χ0v) is 8.56. The van der Waals surface area contributed by atoms with Crippen molar-refractivity contribution < 1.29 is 15.3 Å². The third-order valence-corrected chi connectivity index (χ3v) is 2.19. The lowest BCUT2D eigenvalue weighted by molar-refractivity contribution is 0.0150. The average Bonchev–Trinajstić information content (AvgIpc) is 2.29. The topological polar surface area (TPSA) is 109 Å². The summed E-state index contributed by atoms with van der Waals surface area (Å²) >= 11 is 0. The Morgan fingerprint density at radius 3 is 2.44 bits per heavy atom. The van der Waals surface area contributed by atoms with Gasteiger partial charge in [0.05, 0.1) is 6.10 Å². The first-order valence-corrected chi connectivity index (χ1v) is 4.81. The van der Waals surface area contributed by atoms with E-state index in [1.807, 2.05) is 0 Å². The van der Waals surface area contributed by atoms with E-state index in [9.17, 15) is 10.2 Å². The fourth-order valence-corrected chi connectivity index (χ4v) is 1.29. The molecule has 6 nitrogen and oxygen atoms in total. The highest BCUT2D eigenvalue weighted by Gasteiger charge is 2.17. The maximum atomic E-state index is 9.71. The fraction of sp³-hybridized carbons (Fsp3) is 0.400. The first kappa shape index (κ1) is 12.3. The minimum atomic E-state index is -1.05. The van der Waals surface area contributed by atoms with E-state index in [1.54, 1.807) is 0 Å². The molecule has 0 bridgehead atoms. The first-order chi connectivity index (χ1) is 7.65. The third kappa shape index (κ3) is 3.43. The van der Waals surface area contributed by atoms with Crippen molar-refractivity contribution in [1.29, 1.82) is 0 Å². The minimum absolute atomic E-state index is 0.0968. The van der Waals surface area contributed by atoms with Crippen LogP contribution in [0.15, 0.2) is 29.4 Å². The number of hydrogen-bond donors (Lipinski definition) is 3. The normalized spacial score (nSPS) is 13.9. The van der Waals surface area contributed by atoms with Gasteiger partial charge in [-0.3, -0.25) is 0 Å². The van der Waals surface area contributed by atoms with Crippen molar-refractivity contribution in [2.75, 3.05) is 6.54 Å². The summed E-state index contributed by atoms with van der Waals surface area (Å²) in [5.41, 5.74) is 8.56. The molecule has 1 aromatic rings. The lowest BCUT2D eigenvalue weighted by Crippen LogP contribution is -2.18. The fourth-order valence-electron chi connectivity index (χ4n) is 1.29. The molecule has 2 unspecified atom stereocenters. The van der Waals surface area contributed by atoms with Gasteiger partial charge in [-0.1, -0.05) is 17.2 Å². The van der Waals surface area contributed by atoms with Crippen LogP contribution in [0.2, 0.25) is 0 Å². The second-order valence-electron chi connectivity index (χ2n) is 3.35. The number of aliphatic hydroxyl groups is 2. The maximum absolute atomic E-state index is 9.71. The molecule has 0 saturated carbocycles. The number of hydrogen-bond acceptors (Lipinski definition) is 4. The average molecular weight is 223 g/mol. The van der Waals surface area contributed by atoms with E-state index in [2.05, 4.69) is 10.0 Å². The van der Waals surface area contributed by atoms with Crippen LogP contribution >= 0.6 is 0 Å². The van der Waals surface area contributed by atoms with Crippen LogP contribution in [-0.4, -0.2) is 28.0 Å². The van der Waals surface area contributed by atoms with E-state index in [0.29, 0.717) is 5.56 Å².